The lowest BCUT2D eigenvalue weighted by atomic mass is 10.2. The van der Waals surface area contributed by atoms with Gasteiger partial charge in [-0.25, -0.2) is 28.6 Å². The molecule has 0 aliphatic heterocycles. The maximum Gasteiger partial charge on any atom is 0.264 e. The van der Waals surface area contributed by atoms with Crippen LogP contribution in [0.25, 0.3) is 0 Å². The Balaban J connectivity index is 2.27. The van der Waals surface area contributed by atoms with E-state index >= 15 is 0 Å². The van der Waals surface area contributed by atoms with Crippen molar-refractivity contribution < 1.29 is 12.8 Å². The number of benzene rings is 1. The average molecular weight is 297 g/mol. The molecule has 0 amide bonds. The van der Waals surface area contributed by atoms with Crippen LogP contribution in [0.3, 0.4) is 0 Å². The zero-order valence-corrected chi connectivity index (χ0v) is 11.3. The van der Waals surface area contributed by atoms with Gasteiger partial charge in [0.2, 0.25) is 5.95 Å². The van der Waals surface area contributed by atoms with E-state index in [1.165, 1.54) is 25.1 Å². The number of hydrogen-bond acceptors (Lipinski definition) is 6. The average Bonchev–Trinajstić information content (AvgIpc) is 2.43. The van der Waals surface area contributed by atoms with E-state index in [1.807, 2.05) is 0 Å². The molecule has 7 nitrogen and oxygen atoms in total. The highest BCUT2D eigenvalue weighted by molar-refractivity contribution is 7.92. The van der Waals surface area contributed by atoms with Crippen LogP contribution in [0, 0.1) is 12.7 Å². The van der Waals surface area contributed by atoms with E-state index in [9.17, 15) is 12.8 Å². The van der Waals surface area contributed by atoms with Gasteiger partial charge in [-0.1, -0.05) is 0 Å². The molecule has 2 rings (SSSR count). The third kappa shape index (κ3) is 3.00. The van der Waals surface area contributed by atoms with Gasteiger partial charge >= 0.3 is 0 Å². The Hall–Kier alpha value is -2.26. The van der Waals surface area contributed by atoms with Crippen LogP contribution in [0.2, 0.25) is 0 Å². The number of aromatic nitrogens is 2. The van der Waals surface area contributed by atoms with E-state index in [0.717, 1.165) is 12.4 Å². The summed E-state index contributed by atoms with van der Waals surface area (Å²) in [4.78, 5) is 7.29. The largest absolute Gasteiger partial charge is 0.292 e. The maximum absolute atomic E-state index is 13.1. The smallest absolute Gasteiger partial charge is 0.264 e. The van der Waals surface area contributed by atoms with E-state index in [1.54, 1.807) is 0 Å². The van der Waals surface area contributed by atoms with Crippen molar-refractivity contribution in [3.8, 4) is 0 Å². The van der Waals surface area contributed by atoms with Gasteiger partial charge < -0.3 is 0 Å². The summed E-state index contributed by atoms with van der Waals surface area (Å²) in [7, 11) is -3.83. The van der Waals surface area contributed by atoms with Crippen molar-refractivity contribution in [3.05, 3.63) is 42.0 Å². The number of nitrogens with zero attached hydrogens (tertiary/aromatic N) is 2. The van der Waals surface area contributed by atoms with Crippen LogP contribution in [0.1, 0.15) is 5.56 Å². The number of hydrazine groups is 1. The minimum Gasteiger partial charge on any atom is -0.292 e. The fourth-order valence-corrected chi connectivity index (χ4v) is 2.39. The Bertz CT molecular complexity index is 718. The van der Waals surface area contributed by atoms with Crippen LogP contribution < -0.4 is 16.0 Å². The maximum atomic E-state index is 13.1. The molecular weight excluding hydrogens is 285 g/mol. The molecule has 106 valence electrons. The first-order valence-corrected chi connectivity index (χ1v) is 6.98. The molecule has 0 radical (unpaired) electrons. The summed E-state index contributed by atoms with van der Waals surface area (Å²) < 4.78 is 39.6. The minimum absolute atomic E-state index is 0.0987. The molecule has 0 aliphatic rings. The number of rotatable bonds is 4. The van der Waals surface area contributed by atoms with Crippen LogP contribution in [0.15, 0.2) is 35.5 Å². The number of nitrogens with two attached hydrogens (primary N) is 1. The molecule has 1 heterocycles. The number of aryl methyl sites for hydroxylation is 1. The van der Waals surface area contributed by atoms with Crippen molar-refractivity contribution >= 4 is 21.7 Å². The standard InChI is InChI=1S/C11H12FN5O2S/c1-7-4-8(2-3-10(7)12)17-20(18,19)9-5-14-11(16-13)15-6-9/h2-6,17H,13H2,1H3,(H,14,15,16). The molecule has 0 bridgehead atoms. The van der Waals surface area contributed by atoms with Gasteiger partial charge in [-0.05, 0) is 30.7 Å². The molecule has 20 heavy (non-hydrogen) atoms. The van der Waals surface area contributed by atoms with Crippen LogP contribution in [0.5, 0.6) is 0 Å². The first-order valence-electron chi connectivity index (χ1n) is 5.50. The lowest BCUT2D eigenvalue weighted by Crippen LogP contribution is -2.15. The summed E-state index contributed by atoms with van der Waals surface area (Å²) in [6.07, 6.45) is 2.22. The monoisotopic (exact) mass is 297 g/mol. The molecule has 9 heteroatoms. The van der Waals surface area contributed by atoms with Gasteiger partial charge in [0.25, 0.3) is 10.0 Å². The van der Waals surface area contributed by atoms with Gasteiger partial charge in [0.15, 0.2) is 0 Å². The zero-order valence-electron chi connectivity index (χ0n) is 10.5. The highest BCUT2D eigenvalue weighted by Crippen LogP contribution is 2.18. The molecule has 0 atom stereocenters. The third-order valence-corrected chi connectivity index (χ3v) is 3.81. The van der Waals surface area contributed by atoms with Crippen LogP contribution in [-0.2, 0) is 10.0 Å². The Morgan fingerprint density at radius 2 is 1.90 bits per heavy atom. The number of hydrogen-bond donors (Lipinski definition) is 3. The van der Waals surface area contributed by atoms with Crippen molar-refractivity contribution in [2.24, 2.45) is 5.84 Å². The van der Waals surface area contributed by atoms with E-state index in [-0.39, 0.29) is 16.5 Å². The fourth-order valence-electron chi connectivity index (χ4n) is 1.45. The summed E-state index contributed by atoms with van der Waals surface area (Å²) in [5.41, 5.74) is 2.78. The third-order valence-electron chi connectivity index (χ3n) is 2.48. The van der Waals surface area contributed by atoms with Crippen LogP contribution >= 0.6 is 0 Å². The second-order valence-electron chi connectivity index (χ2n) is 3.96. The number of halogens is 1. The quantitative estimate of drug-likeness (QED) is 0.574. The molecule has 0 unspecified atom stereocenters. The highest BCUT2D eigenvalue weighted by Gasteiger charge is 2.15. The highest BCUT2D eigenvalue weighted by atomic mass is 32.2. The van der Waals surface area contributed by atoms with Crippen molar-refractivity contribution in [2.75, 3.05) is 10.1 Å². The predicted molar refractivity (Wildman–Crippen MR) is 71.8 cm³/mol. The molecule has 0 spiro atoms. The Labute approximate surface area is 115 Å². The topological polar surface area (TPSA) is 110 Å². The number of anilines is 2. The normalized spacial score (nSPS) is 11.2. The van der Waals surface area contributed by atoms with Gasteiger partial charge in [-0.15, -0.1) is 0 Å². The molecule has 1 aromatic carbocycles. The summed E-state index contributed by atoms with van der Waals surface area (Å²) in [5.74, 6) is 4.78. The summed E-state index contributed by atoms with van der Waals surface area (Å²) in [6.45, 7) is 1.54. The van der Waals surface area contributed by atoms with Gasteiger partial charge in [0.05, 0.1) is 12.4 Å². The minimum atomic E-state index is -3.83. The van der Waals surface area contributed by atoms with Gasteiger partial charge in [0, 0.05) is 5.69 Å². The van der Waals surface area contributed by atoms with Crippen molar-refractivity contribution in [2.45, 2.75) is 11.8 Å². The number of nitrogens with one attached hydrogen (secondary N) is 2. The predicted octanol–water partition coefficient (Wildman–Crippen LogP) is 1.01. The molecular formula is C11H12FN5O2S. The second kappa shape index (κ2) is 5.39. The summed E-state index contributed by atoms with van der Waals surface area (Å²) >= 11 is 0. The summed E-state index contributed by atoms with van der Waals surface area (Å²) in [5, 5.41) is 0. The van der Waals surface area contributed by atoms with Gasteiger partial charge in [-0.2, -0.15) is 0 Å². The SMILES string of the molecule is Cc1cc(NS(=O)(=O)c2cnc(NN)nc2)ccc1F. The van der Waals surface area contributed by atoms with Crippen molar-refractivity contribution in [3.63, 3.8) is 0 Å². The number of sulfonamides is 1. The Morgan fingerprint density at radius 1 is 1.25 bits per heavy atom. The molecule has 1 aromatic heterocycles. The molecule has 0 saturated carbocycles. The molecule has 0 aliphatic carbocycles. The van der Waals surface area contributed by atoms with Gasteiger partial charge in [-0.3, -0.25) is 10.1 Å². The van der Waals surface area contributed by atoms with E-state index < -0.39 is 15.8 Å². The lowest BCUT2D eigenvalue weighted by molar-refractivity contribution is 0.600. The second-order valence-corrected chi connectivity index (χ2v) is 5.64. The zero-order chi connectivity index (χ0) is 14.8. The van der Waals surface area contributed by atoms with E-state index in [2.05, 4.69) is 20.1 Å². The lowest BCUT2D eigenvalue weighted by Gasteiger charge is -2.08. The van der Waals surface area contributed by atoms with Crippen molar-refractivity contribution in [1.82, 2.24) is 9.97 Å². The van der Waals surface area contributed by atoms with E-state index in [0.29, 0.717) is 5.56 Å². The van der Waals surface area contributed by atoms with Crippen LogP contribution in [0.4, 0.5) is 16.0 Å². The summed E-state index contributed by atoms with van der Waals surface area (Å²) in [6, 6.07) is 3.91. The first-order chi connectivity index (χ1) is 9.42. The number of nitrogen functional groups attached to an aromatic ring is 1. The Kier molecular flexibility index (Phi) is 3.81. The van der Waals surface area contributed by atoms with Crippen molar-refractivity contribution in [1.29, 1.82) is 0 Å². The molecule has 0 saturated heterocycles. The molecule has 2 aromatic rings. The van der Waals surface area contributed by atoms with E-state index in [4.69, 9.17) is 5.84 Å². The molecule has 0 fully saturated rings. The van der Waals surface area contributed by atoms with Crippen LogP contribution in [-0.4, -0.2) is 18.4 Å². The first kappa shape index (κ1) is 14.2. The fraction of sp³-hybridized carbons (Fsp3) is 0.0909. The Morgan fingerprint density at radius 3 is 2.45 bits per heavy atom. The molecule has 4 N–H and O–H groups in total. The van der Waals surface area contributed by atoms with Gasteiger partial charge in [0.1, 0.15) is 10.7 Å².